The van der Waals surface area contributed by atoms with Crippen LogP contribution in [0, 0.1) is 12.7 Å². The van der Waals surface area contributed by atoms with Gasteiger partial charge in [-0.1, -0.05) is 18.2 Å². The van der Waals surface area contributed by atoms with Crippen molar-refractivity contribution in [2.45, 2.75) is 57.2 Å². The molecule has 152 valence electrons. The van der Waals surface area contributed by atoms with E-state index in [-0.39, 0.29) is 35.9 Å². The number of amides is 3. The van der Waals surface area contributed by atoms with Crippen LogP contribution in [0.25, 0.3) is 0 Å². The molecule has 5 nitrogen and oxygen atoms in total. The number of nitrogens with zero attached hydrogens (tertiary/aromatic N) is 1. The lowest BCUT2D eigenvalue weighted by molar-refractivity contribution is 0.0577. The van der Waals surface area contributed by atoms with Gasteiger partial charge < -0.3 is 15.5 Å². The Morgan fingerprint density at radius 3 is 2.31 bits per heavy atom. The summed E-state index contributed by atoms with van der Waals surface area (Å²) in [6.45, 7) is 1.98. The van der Waals surface area contributed by atoms with Gasteiger partial charge in [-0.25, -0.2) is 9.18 Å². The molecule has 2 saturated heterocycles. The average molecular weight is 395 g/mol. The van der Waals surface area contributed by atoms with Crippen molar-refractivity contribution in [3.63, 3.8) is 0 Å². The normalized spacial score (nSPS) is 23.4. The number of anilines is 1. The highest BCUT2D eigenvalue weighted by Crippen LogP contribution is 2.35. The van der Waals surface area contributed by atoms with Crippen molar-refractivity contribution >= 4 is 17.6 Å². The maximum absolute atomic E-state index is 13.1. The summed E-state index contributed by atoms with van der Waals surface area (Å²) in [5, 5.41) is 6.14. The maximum atomic E-state index is 13.1. The Hall–Kier alpha value is -2.89. The predicted molar refractivity (Wildman–Crippen MR) is 110 cm³/mol. The second-order valence-corrected chi connectivity index (χ2v) is 8.04. The first kappa shape index (κ1) is 19.4. The van der Waals surface area contributed by atoms with Crippen LogP contribution in [0.3, 0.4) is 0 Å². The summed E-state index contributed by atoms with van der Waals surface area (Å²) in [6, 6.07) is 13.5. The van der Waals surface area contributed by atoms with Gasteiger partial charge in [0.25, 0.3) is 5.91 Å². The summed E-state index contributed by atoms with van der Waals surface area (Å²) in [4.78, 5) is 27.5. The molecule has 3 amide bonds. The molecule has 2 aromatic carbocycles. The molecule has 2 aliphatic rings. The average Bonchev–Trinajstić information content (AvgIpc) is 2.69. The van der Waals surface area contributed by atoms with Crippen LogP contribution in [0.5, 0.6) is 0 Å². The second-order valence-electron chi connectivity index (χ2n) is 8.04. The number of rotatable bonds is 3. The van der Waals surface area contributed by atoms with Crippen molar-refractivity contribution in [3.8, 4) is 0 Å². The van der Waals surface area contributed by atoms with Crippen molar-refractivity contribution in [2.24, 2.45) is 0 Å². The number of para-hydroxylation sites is 1. The molecule has 29 heavy (non-hydrogen) atoms. The van der Waals surface area contributed by atoms with E-state index in [1.807, 2.05) is 36.1 Å². The number of benzene rings is 2. The molecular formula is C23H26FN3O2. The third-order valence-corrected chi connectivity index (χ3v) is 6.04. The molecule has 2 aromatic rings. The lowest BCUT2D eigenvalue weighted by atomic mass is 9.82. The number of piperidine rings is 2. The zero-order chi connectivity index (χ0) is 20.4. The number of carbonyl (C=O) groups is 2. The van der Waals surface area contributed by atoms with Crippen LogP contribution in [0.4, 0.5) is 14.9 Å². The van der Waals surface area contributed by atoms with E-state index in [1.54, 1.807) is 0 Å². The smallest absolute Gasteiger partial charge is 0.322 e. The van der Waals surface area contributed by atoms with E-state index in [4.69, 9.17) is 0 Å². The Labute approximate surface area is 170 Å². The maximum Gasteiger partial charge on any atom is 0.322 e. The Bertz CT molecular complexity index is 885. The first-order valence-electron chi connectivity index (χ1n) is 10.2. The van der Waals surface area contributed by atoms with Gasteiger partial charge in [0.15, 0.2) is 0 Å². The van der Waals surface area contributed by atoms with E-state index in [0.717, 1.165) is 43.4 Å². The molecule has 4 rings (SSSR count). The largest absolute Gasteiger partial charge is 0.349 e. The van der Waals surface area contributed by atoms with Crippen molar-refractivity contribution in [3.05, 3.63) is 65.5 Å². The molecular weight excluding hydrogens is 369 g/mol. The Balaban J connectivity index is 1.42. The van der Waals surface area contributed by atoms with E-state index in [9.17, 15) is 14.0 Å². The predicted octanol–water partition coefficient (Wildman–Crippen LogP) is 4.48. The van der Waals surface area contributed by atoms with Gasteiger partial charge in [0.1, 0.15) is 5.82 Å². The minimum Gasteiger partial charge on any atom is -0.349 e. The van der Waals surface area contributed by atoms with E-state index < -0.39 is 0 Å². The number of nitrogens with one attached hydrogen (secondary N) is 2. The molecule has 0 aliphatic carbocycles. The molecule has 0 saturated carbocycles. The van der Waals surface area contributed by atoms with Gasteiger partial charge in [-0.15, -0.1) is 0 Å². The number of hydrogen-bond donors (Lipinski definition) is 2. The second kappa shape index (κ2) is 8.23. The highest BCUT2D eigenvalue weighted by molar-refractivity contribution is 5.94. The van der Waals surface area contributed by atoms with E-state index in [1.165, 1.54) is 24.3 Å². The Morgan fingerprint density at radius 2 is 1.66 bits per heavy atom. The first-order chi connectivity index (χ1) is 14.0. The number of carbonyl (C=O) groups excluding carboxylic acids is 2. The summed E-state index contributed by atoms with van der Waals surface area (Å²) in [7, 11) is 0. The quantitative estimate of drug-likeness (QED) is 0.805. The van der Waals surface area contributed by atoms with Crippen molar-refractivity contribution < 1.29 is 14.0 Å². The SMILES string of the molecule is Cc1ccccc1NC(=O)N1[C@@H]2CCC[C@H]1CC(NC(=O)c1ccc(F)cc1)C2. The topological polar surface area (TPSA) is 61.4 Å². The number of aryl methyl sites for hydroxylation is 1. The van der Waals surface area contributed by atoms with Crippen molar-refractivity contribution in [1.82, 2.24) is 10.2 Å². The number of urea groups is 1. The Morgan fingerprint density at radius 1 is 1.00 bits per heavy atom. The number of halogens is 1. The fourth-order valence-corrected chi connectivity index (χ4v) is 4.59. The fraction of sp³-hybridized carbons (Fsp3) is 0.391. The van der Waals surface area contributed by atoms with Gasteiger partial charge in [0.2, 0.25) is 0 Å². The number of fused-ring (bicyclic) bond motifs is 2. The lowest BCUT2D eigenvalue weighted by Crippen LogP contribution is -2.59. The van der Waals surface area contributed by atoms with Crippen LogP contribution in [0.15, 0.2) is 48.5 Å². The van der Waals surface area contributed by atoms with Crippen LogP contribution >= 0.6 is 0 Å². The van der Waals surface area contributed by atoms with Gasteiger partial charge >= 0.3 is 6.03 Å². The van der Waals surface area contributed by atoms with E-state index >= 15 is 0 Å². The molecule has 2 aliphatic heterocycles. The Kier molecular flexibility index (Phi) is 5.51. The zero-order valence-corrected chi connectivity index (χ0v) is 16.5. The van der Waals surface area contributed by atoms with E-state index in [2.05, 4.69) is 10.6 Å². The van der Waals surface area contributed by atoms with Gasteiger partial charge in [-0.2, -0.15) is 0 Å². The summed E-state index contributed by atoms with van der Waals surface area (Å²) >= 11 is 0. The first-order valence-corrected chi connectivity index (χ1v) is 10.2. The zero-order valence-electron chi connectivity index (χ0n) is 16.5. The molecule has 0 spiro atoms. The van der Waals surface area contributed by atoms with E-state index in [0.29, 0.717) is 5.56 Å². The minimum atomic E-state index is -0.357. The number of hydrogen-bond acceptors (Lipinski definition) is 2. The third kappa shape index (κ3) is 4.26. The molecule has 2 N–H and O–H groups in total. The summed E-state index contributed by atoms with van der Waals surface area (Å²) in [5.41, 5.74) is 2.33. The van der Waals surface area contributed by atoms with Crippen LogP contribution in [0.2, 0.25) is 0 Å². The van der Waals surface area contributed by atoms with Gasteiger partial charge in [0.05, 0.1) is 0 Å². The molecule has 0 aromatic heterocycles. The third-order valence-electron chi connectivity index (χ3n) is 6.04. The van der Waals surface area contributed by atoms with Crippen LogP contribution in [-0.4, -0.2) is 35.0 Å². The molecule has 2 bridgehead atoms. The summed E-state index contributed by atoms with van der Waals surface area (Å²) < 4.78 is 13.1. The molecule has 0 radical (unpaired) electrons. The summed E-state index contributed by atoms with van der Waals surface area (Å²) in [5.74, 6) is -0.546. The van der Waals surface area contributed by atoms with Crippen molar-refractivity contribution in [2.75, 3.05) is 5.32 Å². The molecule has 1 unspecified atom stereocenters. The monoisotopic (exact) mass is 395 g/mol. The highest BCUT2D eigenvalue weighted by atomic mass is 19.1. The summed E-state index contributed by atoms with van der Waals surface area (Å²) in [6.07, 6.45) is 4.47. The van der Waals surface area contributed by atoms with Crippen LogP contribution < -0.4 is 10.6 Å². The van der Waals surface area contributed by atoms with Gasteiger partial charge in [0, 0.05) is 29.4 Å². The molecule has 3 atom stereocenters. The lowest BCUT2D eigenvalue weighted by Gasteiger charge is -2.48. The van der Waals surface area contributed by atoms with Crippen molar-refractivity contribution in [1.29, 1.82) is 0 Å². The van der Waals surface area contributed by atoms with Crippen LogP contribution in [-0.2, 0) is 0 Å². The van der Waals surface area contributed by atoms with Crippen LogP contribution in [0.1, 0.15) is 48.0 Å². The molecule has 2 fully saturated rings. The fourth-order valence-electron chi connectivity index (χ4n) is 4.59. The van der Waals surface area contributed by atoms with Gasteiger partial charge in [-0.3, -0.25) is 4.79 Å². The molecule has 6 heteroatoms. The van der Waals surface area contributed by atoms with Gasteiger partial charge in [-0.05, 0) is 74.9 Å². The molecule has 2 heterocycles. The standard InChI is InChI=1S/C23H26FN3O2/c1-15-5-2-3-8-21(15)26-23(29)27-19-6-4-7-20(27)14-18(13-19)25-22(28)16-9-11-17(24)12-10-16/h2-3,5,8-12,18-20H,4,6-7,13-14H2,1H3,(H,25,28)(H,26,29)/t18?,19-,20+. The minimum absolute atomic E-state index is 0.0189. The highest BCUT2D eigenvalue weighted by Gasteiger charge is 2.41.